The van der Waals surface area contributed by atoms with Crippen LogP contribution in [0.25, 0.3) is 42.1 Å². The van der Waals surface area contributed by atoms with Crippen molar-refractivity contribution >= 4 is 33.4 Å². The fraction of sp³-hybridized carbons (Fsp3) is 0.467. The number of rotatable bonds is 14. The lowest BCUT2D eigenvalue weighted by Gasteiger charge is -2.34. The van der Waals surface area contributed by atoms with E-state index in [0.717, 1.165) is 6.42 Å². The Hall–Kier alpha value is -2.68. The van der Waals surface area contributed by atoms with E-state index < -0.39 is 0 Å². The highest BCUT2D eigenvalue weighted by atomic mass is 32.1. The molecule has 0 amide bonds. The Labute approximate surface area is 292 Å². The molecule has 3 aromatic carbocycles. The van der Waals surface area contributed by atoms with Crippen molar-refractivity contribution in [2.75, 3.05) is 0 Å². The summed E-state index contributed by atoms with van der Waals surface area (Å²) in [5, 5.41) is 3.06. The molecule has 0 bridgehead atoms. The van der Waals surface area contributed by atoms with Crippen molar-refractivity contribution in [1.29, 1.82) is 0 Å². The average molecular weight is 659 g/mol. The second-order valence-electron chi connectivity index (χ2n) is 15.4. The first-order chi connectivity index (χ1) is 22.8. The fourth-order valence-corrected chi connectivity index (χ4v) is 11.1. The Kier molecular flexibility index (Phi) is 9.31. The molecule has 0 fully saturated rings. The minimum absolute atomic E-state index is 0.0839. The summed E-state index contributed by atoms with van der Waals surface area (Å²) in [5.74, 6) is 0.632. The molecular formula is C45H54S2. The minimum atomic E-state index is 0.0839. The number of thiophene rings is 2. The summed E-state index contributed by atoms with van der Waals surface area (Å²) in [6.07, 6.45) is 15.4. The molecule has 0 saturated heterocycles. The smallest absolute Gasteiger partial charge is 0.0449 e. The van der Waals surface area contributed by atoms with Gasteiger partial charge in [0.05, 0.1) is 0 Å². The summed E-state index contributed by atoms with van der Waals surface area (Å²) >= 11 is 3.96. The Balaban J connectivity index is 1.38. The van der Waals surface area contributed by atoms with Crippen LogP contribution >= 0.6 is 22.7 Å². The van der Waals surface area contributed by atoms with Gasteiger partial charge in [-0.25, -0.2) is 0 Å². The van der Waals surface area contributed by atoms with Gasteiger partial charge in [-0.2, -0.15) is 0 Å². The third-order valence-electron chi connectivity index (χ3n) is 11.7. The molecule has 1 unspecified atom stereocenters. The number of hydrogen-bond acceptors (Lipinski definition) is 2. The van der Waals surface area contributed by atoms with Gasteiger partial charge in [0.15, 0.2) is 0 Å². The van der Waals surface area contributed by atoms with Gasteiger partial charge in [-0.3, -0.25) is 0 Å². The number of hydrogen-bond donors (Lipinski definition) is 0. The number of unbranched alkanes of at least 4 members (excludes halogenated alkanes) is 6. The second kappa shape index (κ2) is 13.3. The van der Waals surface area contributed by atoms with Crippen LogP contribution in [0.5, 0.6) is 0 Å². The topological polar surface area (TPSA) is 0 Å². The molecule has 0 nitrogen and oxygen atoms in total. The van der Waals surface area contributed by atoms with Gasteiger partial charge >= 0.3 is 0 Å². The van der Waals surface area contributed by atoms with Gasteiger partial charge in [-0.1, -0.05) is 129 Å². The maximum absolute atomic E-state index is 2.72. The molecule has 2 heteroatoms. The lowest BCUT2D eigenvalue weighted by molar-refractivity contribution is 0.400. The molecule has 47 heavy (non-hydrogen) atoms. The zero-order valence-electron chi connectivity index (χ0n) is 29.7. The zero-order chi connectivity index (χ0) is 32.8. The van der Waals surface area contributed by atoms with E-state index in [2.05, 4.69) is 108 Å². The van der Waals surface area contributed by atoms with Crippen LogP contribution in [0.2, 0.25) is 0 Å². The molecular weight excluding hydrogens is 605 g/mol. The predicted molar refractivity (Wildman–Crippen MR) is 210 cm³/mol. The minimum Gasteiger partial charge on any atom is -0.139 e. The molecule has 5 aromatic rings. The zero-order valence-corrected chi connectivity index (χ0v) is 31.4. The van der Waals surface area contributed by atoms with Gasteiger partial charge < -0.3 is 0 Å². The van der Waals surface area contributed by atoms with E-state index in [-0.39, 0.29) is 10.8 Å². The highest BCUT2D eigenvalue weighted by Crippen LogP contribution is 2.59. The van der Waals surface area contributed by atoms with Crippen LogP contribution in [0, 0.1) is 0 Å². The summed E-state index contributed by atoms with van der Waals surface area (Å²) in [4.78, 5) is 5.73. The van der Waals surface area contributed by atoms with E-state index in [9.17, 15) is 0 Å². The summed E-state index contributed by atoms with van der Waals surface area (Å²) in [7, 11) is 0. The van der Waals surface area contributed by atoms with Gasteiger partial charge in [0.1, 0.15) is 0 Å². The van der Waals surface area contributed by atoms with E-state index in [4.69, 9.17) is 0 Å². The molecule has 7 rings (SSSR count). The molecule has 0 radical (unpaired) electrons. The van der Waals surface area contributed by atoms with Crippen LogP contribution in [-0.4, -0.2) is 0 Å². The monoisotopic (exact) mass is 658 g/mol. The summed E-state index contributed by atoms with van der Waals surface area (Å²) in [6, 6.07) is 27.0. The van der Waals surface area contributed by atoms with E-state index in [0.29, 0.717) is 5.92 Å². The quantitative estimate of drug-likeness (QED) is 0.104. The number of benzene rings is 3. The Bertz CT molecular complexity index is 1870. The Morgan fingerprint density at radius 1 is 0.681 bits per heavy atom. The van der Waals surface area contributed by atoms with Crippen LogP contribution in [0.1, 0.15) is 145 Å². The molecule has 2 aliphatic carbocycles. The van der Waals surface area contributed by atoms with Crippen molar-refractivity contribution in [2.24, 2.45) is 0 Å². The fourth-order valence-electron chi connectivity index (χ4n) is 8.88. The van der Waals surface area contributed by atoms with Gasteiger partial charge in [-0.15, -0.1) is 22.7 Å². The average Bonchev–Trinajstić information content (AvgIpc) is 3.86. The van der Waals surface area contributed by atoms with E-state index in [1.807, 2.05) is 22.7 Å². The van der Waals surface area contributed by atoms with Crippen LogP contribution in [0.3, 0.4) is 0 Å². The Morgan fingerprint density at radius 2 is 1.38 bits per heavy atom. The largest absolute Gasteiger partial charge is 0.139 e. The van der Waals surface area contributed by atoms with Crippen molar-refractivity contribution in [3.63, 3.8) is 0 Å². The van der Waals surface area contributed by atoms with Crippen LogP contribution in [-0.2, 0) is 17.3 Å². The predicted octanol–water partition coefficient (Wildman–Crippen LogP) is 14.9. The van der Waals surface area contributed by atoms with Gasteiger partial charge in [0.2, 0.25) is 0 Å². The van der Waals surface area contributed by atoms with Crippen LogP contribution in [0.15, 0.2) is 66.7 Å². The van der Waals surface area contributed by atoms with Gasteiger partial charge in [0.25, 0.3) is 0 Å². The second-order valence-corrected chi connectivity index (χ2v) is 17.6. The molecule has 0 spiro atoms. The first-order valence-electron chi connectivity index (χ1n) is 18.8. The van der Waals surface area contributed by atoms with Crippen LogP contribution in [0.4, 0.5) is 0 Å². The normalized spacial score (nSPS) is 16.1. The molecule has 246 valence electrons. The van der Waals surface area contributed by atoms with E-state index in [1.165, 1.54) is 107 Å². The summed E-state index contributed by atoms with van der Waals surface area (Å²) in [5.41, 5.74) is 11.1. The van der Waals surface area contributed by atoms with Gasteiger partial charge in [-0.05, 0) is 117 Å². The van der Waals surface area contributed by atoms with Crippen molar-refractivity contribution in [1.82, 2.24) is 0 Å². The maximum Gasteiger partial charge on any atom is 0.0449 e. The maximum atomic E-state index is 2.72. The van der Waals surface area contributed by atoms with E-state index >= 15 is 0 Å². The molecule has 0 saturated carbocycles. The lowest BCUT2D eigenvalue weighted by Crippen LogP contribution is -2.26. The summed E-state index contributed by atoms with van der Waals surface area (Å²) in [6.45, 7) is 14.3. The van der Waals surface area contributed by atoms with Crippen molar-refractivity contribution in [3.05, 3.63) is 93.9 Å². The third-order valence-corrected chi connectivity index (χ3v) is 14.3. The SMILES string of the molecule is CCCCCCC1(CCCCCC)c2cc(-c3ccc(-c4ccc(C(C)CC)s4)s3)ccc2-c2c1cc1c3c(cccc23)CC1(C)C. The van der Waals surface area contributed by atoms with Crippen LogP contribution < -0.4 is 0 Å². The lowest BCUT2D eigenvalue weighted by atomic mass is 9.69. The Morgan fingerprint density at radius 3 is 2.11 bits per heavy atom. The molecule has 2 aliphatic rings. The van der Waals surface area contributed by atoms with Crippen molar-refractivity contribution < 1.29 is 0 Å². The highest BCUT2D eigenvalue weighted by molar-refractivity contribution is 7.23. The van der Waals surface area contributed by atoms with Gasteiger partial charge in [0, 0.05) is 24.9 Å². The first kappa shape index (κ1) is 32.8. The molecule has 2 heterocycles. The molecule has 2 aromatic heterocycles. The molecule has 0 N–H and O–H groups in total. The third kappa shape index (κ3) is 5.76. The highest BCUT2D eigenvalue weighted by Gasteiger charge is 2.45. The van der Waals surface area contributed by atoms with Crippen molar-refractivity contribution in [3.8, 4) is 31.3 Å². The molecule has 1 atom stereocenters. The number of fused-ring (bicyclic) bond motifs is 4. The van der Waals surface area contributed by atoms with Crippen molar-refractivity contribution in [2.45, 2.75) is 135 Å². The standard InChI is InChI=1S/C45H54S2/c1-7-10-12-14-25-45(26-15-13-11-8-2)35-27-31(39-22-24-41(47-39)40-23-21-38(46-40)30(4)9-3)19-20-33(35)43-34-18-16-17-32-29-44(5,6)36(42(32)34)28-37(43)45/h16-24,27-28,30H,7-15,25-26,29H2,1-6H3. The molecule has 0 aliphatic heterocycles. The first-order valence-corrected chi connectivity index (χ1v) is 20.4. The van der Waals surface area contributed by atoms with E-state index in [1.54, 1.807) is 33.2 Å². The summed E-state index contributed by atoms with van der Waals surface area (Å²) < 4.78 is 0.